The average molecular weight is 319 g/mol. The van der Waals surface area contributed by atoms with Crippen LogP contribution < -0.4 is 10.5 Å². The summed E-state index contributed by atoms with van der Waals surface area (Å²) in [7, 11) is 0. The summed E-state index contributed by atoms with van der Waals surface area (Å²) in [5, 5.41) is 0. The standard InChI is InChI=1S/C18H29N3O2/c1-3-17(23-16-7-4-6-15(2)14-16)18(22)21-12-10-20(11-13-21)9-5-8-19/h4,6-7,14,17H,3,5,8-13,19H2,1-2H3. The van der Waals surface area contributed by atoms with Crippen LogP contribution in [-0.2, 0) is 4.79 Å². The number of amides is 1. The van der Waals surface area contributed by atoms with Gasteiger partial charge in [-0.15, -0.1) is 0 Å². The Morgan fingerprint density at radius 1 is 1.30 bits per heavy atom. The van der Waals surface area contributed by atoms with Crippen LogP contribution in [0.1, 0.15) is 25.3 Å². The maximum atomic E-state index is 12.7. The molecule has 128 valence electrons. The van der Waals surface area contributed by atoms with Gasteiger partial charge in [0.1, 0.15) is 5.75 Å². The smallest absolute Gasteiger partial charge is 0.263 e. The number of nitrogens with two attached hydrogens (primary N) is 1. The maximum absolute atomic E-state index is 12.7. The van der Waals surface area contributed by atoms with Gasteiger partial charge in [0.05, 0.1) is 0 Å². The van der Waals surface area contributed by atoms with Crippen LogP contribution >= 0.6 is 0 Å². The minimum absolute atomic E-state index is 0.104. The molecule has 0 spiro atoms. The first-order valence-electron chi connectivity index (χ1n) is 8.58. The fourth-order valence-electron chi connectivity index (χ4n) is 2.87. The second-order valence-corrected chi connectivity index (χ2v) is 6.14. The molecule has 2 rings (SSSR count). The van der Waals surface area contributed by atoms with Gasteiger partial charge in [-0.25, -0.2) is 0 Å². The molecule has 1 aliphatic rings. The van der Waals surface area contributed by atoms with Crippen LogP contribution in [0, 0.1) is 6.92 Å². The van der Waals surface area contributed by atoms with Gasteiger partial charge in [0.25, 0.3) is 5.91 Å². The molecule has 1 saturated heterocycles. The summed E-state index contributed by atoms with van der Waals surface area (Å²) in [6.07, 6.45) is 1.30. The molecule has 2 N–H and O–H groups in total. The molecule has 0 aliphatic carbocycles. The van der Waals surface area contributed by atoms with Crippen molar-refractivity contribution in [2.75, 3.05) is 39.3 Å². The lowest BCUT2D eigenvalue weighted by Gasteiger charge is -2.36. The number of hydrogen-bond acceptors (Lipinski definition) is 4. The number of aryl methyl sites for hydroxylation is 1. The molecule has 0 radical (unpaired) electrons. The van der Waals surface area contributed by atoms with Crippen LogP contribution in [0.15, 0.2) is 24.3 Å². The monoisotopic (exact) mass is 319 g/mol. The normalized spacial score (nSPS) is 17.1. The number of nitrogens with zero attached hydrogens (tertiary/aromatic N) is 2. The highest BCUT2D eigenvalue weighted by Gasteiger charge is 2.27. The third kappa shape index (κ3) is 5.22. The van der Waals surface area contributed by atoms with Gasteiger partial charge in [-0.3, -0.25) is 9.69 Å². The lowest BCUT2D eigenvalue weighted by atomic mass is 10.2. The molecule has 23 heavy (non-hydrogen) atoms. The van der Waals surface area contributed by atoms with Gasteiger partial charge < -0.3 is 15.4 Å². The number of carbonyl (C=O) groups excluding carboxylic acids is 1. The van der Waals surface area contributed by atoms with Crippen LogP contribution in [0.25, 0.3) is 0 Å². The Balaban J connectivity index is 1.88. The van der Waals surface area contributed by atoms with E-state index < -0.39 is 6.10 Å². The fraction of sp³-hybridized carbons (Fsp3) is 0.611. The summed E-state index contributed by atoms with van der Waals surface area (Å²) >= 11 is 0. The zero-order chi connectivity index (χ0) is 16.7. The van der Waals surface area contributed by atoms with Gasteiger partial charge >= 0.3 is 0 Å². The molecule has 1 amide bonds. The Kier molecular flexibility index (Phi) is 6.86. The second kappa shape index (κ2) is 8.89. The van der Waals surface area contributed by atoms with Crippen molar-refractivity contribution in [1.29, 1.82) is 0 Å². The van der Waals surface area contributed by atoms with Crippen molar-refractivity contribution < 1.29 is 9.53 Å². The zero-order valence-electron chi connectivity index (χ0n) is 14.3. The summed E-state index contributed by atoms with van der Waals surface area (Å²) in [5.41, 5.74) is 6.69. The van der Waals surface area contributed by atoms with Crippen molar-refractivity contribution in [2.45, 2.75) is 32.8 Å². The van der Waals surface area contributed by atoms with Gasteiger partial charge in [0.2, 0.25) is 0 Å². The van der Waals surface area contributed by atoms with Gasteiger partial charge in [-0.2, -0.15) is 0 Å². The number of ether oxygens (including phenoxy) is 1. The molecule has 1 fully saturated rings. The maximum Gasteiger partial charge on any atom is 0.263 e. The van der Waals surface area contributed by atoms with E-state index in [0.717, 1.165) is 57.0 Å². The van der Waals surface area contributed by atoms with Crippen LogP contribution in [0.4, 0.5) is 0 Å². The number of benzene rings is 1. The summed E-state index contributed by atoms with van der Waals surface area (Å²) < 4.78 is 5.93. The fourth-order valence-corrected chi connectivity index (χ4v) is 2.87. The van der Waals surface area contributed by atoms with Crippen LogP contribution in [0.2, 0.25) is 0 Å². The van der Waals surface area contributed by atoms with Crippen LogP contribution in [-0.4, -0.2) is 61.1 Å². The van der Waals surface area contributed by atoms with Crippen molar-refractivity contribution in [2.24, 2.45) is 5.73 Å². The molecule has 1 atom stereocenters. The molecule has 1 aromatic rings. The van der Waals surface area contributed by atoms with E-state index in [9.17, 15) is 4.79 Å². The molecular formula is C18H29N3O2. The minimum atomic E-state index is -0.396. The lowest BCUT2D eigenvalue weighted by molar-refractivity contribution is -0.140. The molecule has 5 heteroatoms. The Morgan fingerprint density at radius 2 is 2.04 bits per heavy atom. The topological polar surface area (TPSA) is 58.8 Å². The molecule has 1 aromatic carbocycles. The Labute approximate surface area is 139 Å². The Bertz CT molecular complexity index is 499. The van der Waals surface area contributed by atoms with Crippen LogP contribution in [0.3, 0.4) is 0 Å². The molecule has 1 unspecified atom stereocenters. The highest BCUT2D eigenvalue weighted by atomic mass is 16.5. The number of carbonyl (C=O) groups is 1. The first-order chi connectivity index (χ1) is 11.1. The number of piperazine rings is 1. The summed E-state index contributed by atoms with van der Waals surface area (Å²) in [5.74, 6) is 0.874. The van der Waals surface area contributed by atoms with E-state index in [1.807, 2.05) is 43.0 Å². The summed E-state index contributed by atoms with van der Waals surface area (Å²) in [6.45, 7) is 9.16. The first kappa shape index (κ1) is 17.8. The molecule has 0 aromatic heterocycles. The van der Waals surface area contributed by atoms with Crippen molar-refractivity contribution in [3.8, 4) is 5.75 Å². The van der Waals surface area contributed by atoms with Gasteiger partial charge in [-0.1, -0.05) is 19.1 Å². The average Bonchev–Trinajstić information content (AvgIpc) is 2.58. The molecule has 0 saturated carbocycles. The van der Waals surface area contributed by atoms with E-state index >= 15 is 0 Å². The second-order valence-electron chi connectivity index (χ2n) is 6.14. The van der Waals surface area contributed by atoms with E-state index in [0.29, 0.717) is 6.42 Å². The van der Waals surface area contributed by atoms with Gasteiger partial charge in [-0.05, 0) is 50.6 Å². The molecule has 1 aliphatic heterocycles. The van der Waals surface area contributed by atoms with Gasteiger partial charge in [0.15, 0.2) is 6.10 Å². The minimum Gasteiger partial charge on any atom is -0.481 e. The predicted octanol–water partition coefficient (Wildman–Crippen LogP) is 1.65. The first-order valence-corrected chi connectivity index (χ1v) is 8.58. The largest absolute Gasteiger partial charge is 0.481 e. The van der Waals surface area contributed by atoms with Crippen molar-refractivity contribution in [3.63, 3.8) is 0 Å². The quantitative estimate of drug-likeness (QED) is 0.830. The van der Waals surface area contributed by atoms with Crippen LogP contribution in [0.5, 0.6) is 5.75 Å². The van der Waals surface area contributed by atoms with E-state index in [4.69, 9.17) is 10.5 Å². The third-order valence-electron chi connectivity index (χ3n) is 4.28. The molecular weight excluding hydrogens is 290 g/mol. The third-order valence-corrected chi connectivity index (χ3v) is 4.28. The number of rotatable bonds is 7. The SMILES string of the molecule is CCC(Oc1cccc(C)c1)C(=O)N1CCN(CCCN)CC1. The van der Waals surface area contributed by atoms with E-state index in [2.05, 4.69) is 4.90 Å². The summed E-state index contributed by atoms with van der Waals surface area (Å²) in [4.78, 5) is 17.0. The molecule has 1 heterocycles. The van der Waals surface area contributed by atoms with E-state index in [1.165, 1.54) is 0 Å². The van der Waals surface area contributed by atoms with Crippen molar-refractivity contribution in [1.82, 2.24) is 9.80 Å². The predicted molar refractivity (Wildman–Crippen MR) is 92.6 cm³/mol. The van der Waals surface area contributed by atoms with E-state index in [-0.39, 0.29) is 5.91 Å². The molecule has 5 nitrogen and oxygen atoms in total. The number of hydrogen-bond donors (Lipinski definition) is 1. The Hall–Kier alpha value is -1.59. The van der Waals surface area contributed by atoms with E-state index in [1.54, 1.807) is 0 Å². The zero-order valence-corrected chi connectivity index (χ0v) is 14.3. The lowest BCUT2D eigenvalue weighted by Crippen LogP contribution is -2.52. The van der Waals surface area contributed by atoms with Gasteiger partial charge in [0, 0.05) is 26.2 Å². The van der Waals surface area contributed by atoms with Crippen molar-refractivity contribution in [3.05, 3.63) is 29.8 Å². The summed E-state index contributed by atoms with van der Waals surface area (Å²) in [6, 6.07) is 7.86. The highest BCUT2D eigenvalue weighted by molar-refractivity contribution is 5.81. The Morgan fingerprint density at radius 3 is 2.65 bits per heavy atom. The van der Waals surface area contributed by atoms with Crippen molar-refractivity contribution >= 4 is 5.91 Å². The molecule has 0 bridgehead atoms. The highest BCUT2D eigenvalue weighted by Crippen LogP contribution is 2.17.